The number of hydrogen-bond donors (Lipinski definition) is 1. The van der Waals surface area contributed by atoms with Gasteiger partial charge in [-0.1, -0.05) is 6.07 Å². The van der Waals surface area contributed by atoms with Crippen LogP contribution in [0.5, 0.6) is 11.5 Å². The molecule has 1 aromatic rings. The highest BCUT2D eigenvalue weighted by Crippen LogP contribution is 2.40. The van der Waals surface area contributed by atoms with Crippen molar-refractivity contribution in [2.75, 3.05) is 7.11 Å². The van der Waals surface area contributed by atoms with Crippen LogP contribution in [-0.4, -0.2) is 18.3 Å². The average molecular weight is 180 g/mol. The summed E-state index contributed by atoms with van der Waals surface area (Å²) in [6.07, 6.45) is 0.462. The van der Waals surface area contributed by atoms with Gasteiger partial charge in [-0.3, -0.25) is 0 Å². The SMILES string of the molecule is COc1cc([C@@H]2O[C@H]2C)ccc1O. The number of ether oxygens (including phenoxy) is 2. The zero-order valence-electron chi connectivity index (χ0n) is 7.65. The lowest BCUT2D eigenvalue weighted by Gasteiger charge is -2.04. The molecule has 0 saturated carbocycles. The molecule has 70 valence electrons. The van der Waals surface area contributed by atoms with E-state index in [0.717, 1.165) is 5.56 Å². The molecule has 2 atom stereocenters. The van der Waals surface area contributed by atoms with Gasteiger partial charge in [0, 0.05) is 0 Å². The van der Waals surface area contributed by atoms with Crippen molar-refractivity contribution in [3.8, 4) is 11.5 Å². The number of benzene rings is 1. The summed E-state index contributed by atoms with van der Waals surface area (Å²) in [6.45, 7) is 2.02. The maximum Gasteiger partial charge on any atom is 0.160 e. The molecule has 13 heavy (non-hydrogen) atoms. The molecule has 1 heterocycles. The number of rotatable bonds is 2. The molecule has 1 aliphatic rings. The Bertz CT molecular complexity index is 322. The number of aromatic hydroxyl groups is 1. The molecule has 0 radical (unpaired) electrons. The van der Waals surface area contributed by atoms with Crippen LogP contribution in [0.4, 0.5) is 0 Å². The van der Waals surface area contributed by atoms with Crippen LogP contribution in [0.1, 0.15) is 18.6 Å². The molecule has 0 amide bonds. The van der Waals surface area contributed by atoms with Gasteiger partial charge >= 0.3 is 0 Å². The fraction of sp³-hybridized carbons (Fsp3) is 0.400. The minimum Gasteiger partial charge on any atom is -0.504 e. The van der Waals surface area contributed by atoms with E-state index >= 15 is 0 Å². The van der Waals surface area contributed by atoms with Crippen molar-refractivity contribution in [3.05, 3.63) is 23.8 Å². The van der Waals surface area contributed by atoms with Gasteiger partial charge in [-0.05, 0) is 24.6 Å². The summed E-state index contributed by atoms with van der Waals surface area (Å²) in [4.78, 5) is 0. The maximum atomic E-state index is 9.34. The topological polar surface area (TPSA) is 42.0 Å². The normalized spacial score (nSPS) is 25.7. The zero-order chi connectivity index (χ0) is 9.42. The first kappa shape index (κ1) is 8.38. The summed E-state index contributed by atoms with van der Waals surface area (Å²) in [5, 5.41) is 9.34. The van der Waals surface area contributed by atoms with Crippen LogP contribution in [0.3, 0.4) is 0 Å². The average Bonchev–Trinajstić information content (AvgIpc) is 2.84. The molecule has 1 saturated heterocycles. The van der Waals surface area contributed by atoms with Crippen LogP contribution in [-0.2, 0) is 4.74 Å². The lowest BCUT2D eigenvalue weighted by molar-refractivity contribution is 0.367. The molecule has 0 aromatic heterocycles. The standard InChI is InChI=1S/C10H12O3/c1-6-10(13-6)7-3-4-8(11)9(5-7)12-2/h3-6,10-11H,1-2H3/t6-,10+/m0/s1. The molecule has 0 unspecified atom stereocenters. The van der Waals surface area contributed by atoms with E-state index in [-0.39, 0.29) is 18.0 Å². The van der Waals surface area contributed by atoms with E-state index < -0.39 is 0 Å². The molecule has 1 fully saturated rings. The second-order valence-corrected chi connectivity index (χ2v) is 3.19. The number of phenols is 1. The van der Waals surface area contributed by atoms with Gasteiger partial charge in [-0.25, -0.2) is 0 Å². The first-order valence-electron chi connectivity index (χ1n) is 4.24. The largest absolute Gasteiger partial charge is 0.504 e. The summed E-state index contributed by atoms with van der Waals surface area (Å²) in [7, 11) is 1.54. The monoisotopic (exact) mass is 180 g/mol. The van der Waals surface area contributed by atoms with Crippen molar-refractivity contribution >= 4 is 0 Å². The Kier molecular flexibility index (Phi) is 1.88. The Morgan fingerprint density at radius 2 is 2.15 bits per heavy atom. The highest BCUT2D eigenvalue weighted by Gasteiger charge is 2.35. The summed E-state index contributed by atoms with van der Waals surface area (Å²) in [5.41, 5.74) is 1.06. The van der Waals surface area contributed by atoms with E-state index in [1.165, 1.54) is 7.11 Å². The molecular formula is C10H12O3. The predicted molar refractivity (Wildman–Crippen MR) is 47.9 cm³/mol. The summed E-state index contributed by atoms with van der Waals surface area (Å²) in [5.74, 6) is 0.666. The number of methoxy groups -OCH3 is 1. The number of hydrogen-bond acceptors (Lipinski definition) is 3. The van der Waals surface area contributed by atoms with Gasteiger partial charge in [0.15, 0.2) is 11.5 Å². The van der Waals surface area contributed by atoms with Gasteiger partial charge < -0.3 is 14.6 Å². The lowest BCUT2D eigenvalue weighted by atomic mass is 10.1. The van der Waals surface area contributed by atoms with E-state index in [0.29, 0.717) is 5.75 Å². The van der Waals surface area contributed by atoms with Crippen LogP contribution in [0.25, 0.3) is 0 Å². The number of phenolic OH excluding ortho intramolecular Hbond substituents is 1. The third-order valence-corrected chi connectivity index (χ3v) is 2.24. The molecule has 1 aromatic carbocycles. The minimum atomic E-state index is 0.166. The summed E-state index contributed by atoms with van der Waals surface area (Å²) >= 11 is 0. The van der Waals surface area contributed by atoms with Gasteiger partial charge in [0.1, 0.15) is 6.10 Å². The van der Waals surface area contributed by atoms with Crippen molar-refractivity contribution in [3.63, 3.8) is 0 Å². The molecule has 1 N–H and O–H groups in total. The van der Waals surface area contributed by atoms with Gasteiger partial charge in [0.25, 0.3) is 0 Å². The van der Waals surface area contributed by atoms with Gasteiger partial charge in [-0.15, -0.1) is 0 Å². The first-order valence-corrected chi connectivity index (χ1v) is 4.24. The summed E-state index contributed by atoms with van der Waals surface area (Å²) < 4.78 is 10.3. The van der Waals surface area contributed by atoms with Crippen molar-refractivity contribution in [1.29, 1.82) is 0 Å². The van der Waals surface area contributed by atoms with Crippen LogP contribution in [0, 0.1) is 0 Å². The minimum absolute atomic E-state index is 0.166. The lowest BCUT2D eigenvalue weighted by Crippen LogP contribution is -1.88. The van der Waals surface area contributed by atoms with Crippen LogP contribution >= 0.6 is 0 Å². The molecule has 3 nitrogen and oxygen atoms in total. The third-order valence-electron chi connectivity index (χ3n) is 2.24. The molecule has 0 aliphatic carbocycles. The molecular weight excluding hydrogens is 168 g/mol. The Labute approximate surface area is 76.9 Å². The molecule has 2 rings (SSSR count). The zero-order valence-corrected chi connectivity index (χ0v) is 7.65. The summed E-state index contributed by atoms with van der Waals surface area (Å²) in [6, 6.07) is 5.29. The van der Waals surface area contributed by atoms with E-state index in [2.05, 4.69) is 0 Å². The smallest absolute Gasteiger partial charge is 0.160 e. The second kappa shape index (κ2) is 2.92. The van der Waals surface area contributed by atoms with E-state index in [4.69, 9.17) is 9.47 Å². The van der Waals surface area contributed by atoms with Crippen LogP contribution in [0.2, 0.25) is 0 Å². The van der Waals surface area contributed by atoms with Crippen molar-refractivity contribution in [1.82, 2.24) is 0 Å². The van der Waals surface area contributed by atoms with Gasteiger partial charge in [0.05, 0.1) is 13.2 Å². The fourth-order valence-electron chi connectivity index (χ4n) is 1.41. The van der Waals surface area contributed by atoms with Crippen LogP contribution in [0.15, 0.2) is 18.2 Å². The van der Waals surface area contributed by atoms with Crippen molar-refractivity contribution < 1.29 is 14.6 Å². The third kappa shape index (κ3) is 1.47. The fourth-order valence-corrected chi connectivity index (χ4v) is 1.41. The van der Waals surface area contributed by atoms with Crippen LogP contribution < -0.4 is 4.74 Å². The van der Waals surface area contributed by atoms with Crippen molar-refractivity contribution in [2.45, 2.75) is 19.1 Å². The molecule has 3 heteroatoms. The number of epoxide rings is 1. The Balaban J connectivity index is 2.28. The Morgan fingerprint density at radius 3 is 2.69 bits per heavy atom. The molecule has 1 aliphatic heterocycles. The molecule has 0 spiro atoms. The van der Waals surface area contributed by atoms with E-state index in [9.17, 15) is 5.11 Å². The van der Waals surface area contributed by atoms with Gasteiger partial charge in [0.2, 0.25) is 0 Å². The Morgan fingerprint density at radius 1 is 1.46 bits per heavy atom. The predicted octanol–water partition coefficient (Wildman–Crippen LogP) is 1.86. The highest BCUT2D eigenvalue weighted by atomic mass is 16.6. The highest BCUT2D eigenvalue weighted by molar-refractivity contribution is 5.43. The van der Waals surface area contributed by atoms with E-state index in [1.54, 1.807) is 6.07 Å². The van der Waals surface area contributed by atoms with Crippen molar-refractivity contribution in [2.24, 2.45) is 0 Å². The van der Waals surface area contributed by atoms with Gasteiger partial charge in [-0.2, -0.15) is 0 Å². The van der Waals surface area contributed by atoms with E-state index in [1.807, 2.05) is 19.1 Å². The molecule has 0 bridgehead atoms. The first-order chi connectivity index (χ1) is 6.22. The quantitative estimate of drug-likeness (QED) is 0.706. The maximum absolute atomic E-state index is 9.34. The Hall–Kier alpha value is -1.22. The second-order valence-electron chi connectivity index (χ2n) is 3.19.